The summed E-state index contributed by atoms with van der Waals surface area (Å²) in [6.45, 7) is 0. The van der Waals surface area contributed by atoms with Gasteiger partial charge in [0, 0.05) is 16.9 Å². The maximum Gasteiger partial charge on any atom is 0.322 e. The molecule has 1 aliphatic heterocycles. The van der Waals surface area contributed by atoms with Crippen LogP contribution in [0.25, 0.3) is 0 Å². The minimum Gasteiger partial charge on any atom is -0.393 e. The summed E-state index contributed by atoms with van der Waals surface area (Å²) >= 11 is 0. The lowest BCUT2D eigenvalue weighted by Crippen LogP contribution is -2.56. The van der Waals surface area contributed by atoms with Crippen LogP contribution in [0, 0.1) is 23.2 Å². The van der Waals surface area contributed by atoms with E-state index < -0.39 is 11.6 Å². The van der Waals surface area contributed by atoms with Gasteiger partial charge >= 0.3 is 6.03 Å². The molecule has 3 N–H and O–H groups in total. The number of benzene rings is 1. The molecule has 3 aliphatic carbocycles. The summed E-state index contributed by atoms with van der Waals surface area (Å²) in [6.07, 6.45) is 5.54. The number of rotatable bonds is 0. The number of urea groups is 1. The van der Waals surface area contributed by atoms with Gasteiger partial charge in [0.15, 0.2) is 5.54 Å². The van der Waals surface area contributed by atoms with E-state index in [9.17, 15) is 14.7 Å². The Balaban J connectivity index is 1.63. The molecular formula is C21H22N2O3. The van der Waals surface area contributed by atoms with E-state index in [1.54, 1.807) is 0 Å². The zero-order valence-electron chi connectivity index (χ0n) is 14.6. The highest BCUT2D eigenvalue weighted by Gasteiger charge is 2.66. The van der Waals surface area contributed by atoms with Gasteiger partial charge in [-0.15, -0.1) is 0 Å². The SMILES string of the molecule is O=C1NC(=O)C2(N1)c1cc(C#CC3CC3)ccc1CC21CCC(O)CC1. The Morgan fingerprint density at radius 2 is 1.88 bits per heavy atom. The second-order valence-electron chi connectivity index (χ2n) is 8.26. The van der Waals surface area contributed by atoms with Crippen LogP contribution < -0.4 is 10.6 Å². The Kier molecular flexibility index (Phi) is 3.27. The summed E-state index contributed by atoms with van der Waals surface area (Å²) < 4.78 is 0. The number of hydrogen-bond donors (Lipinski definition) is 3. The van der Waals surface area contributed by atoms with Crippen LogP contribution in [0.2, 0.25) is 0 Å². The number of fused-ring (bicyclic) bond motifs is 3. The lowest BCUT2D eigenvalue weighted by Gasteiger charge is -2.45. The first kappa shape index (κ1) is 15.9. The van der Waals surface area contributed by atoms with Gasteiger partial charge in [0.05, 0.1) is 6.10 Å². The molecule has 3 fully saturated rings. The van der Waals surface area contributed by atoms with Crippen LogP contribution in [-0.4, -0.2) is 23.1 Å². The smallest absolute Gasteiger partial charge is 0.322 e. The standard InChI is InChI=1S/C21H22N2O3/c24-16-7-9-20(10-8-16)12-15-6-5-14(4-3-13-1-2-13)11-17(15)21(20)18(25)22-19(26)23-21/h5-6,11,13,16,24H,1-2,7-10,12H2,(H2,22,23,25,26). The molecule has 1 atom stereocenters. The molecule has 5 nitrogen and oxygen atoms in total. The fraction of sp³-hybridized carbons (Fsp3) is 0.524. The van der Waals surface area contributed by atoms with Crippen molar-refractivity contribution >= 4 is 11.9 Å². The molecule has 2 spiro atoms. The van der Waals surface area contributed by atoms with Crippen molar-refractivity contribution < 1.29 is 14.7 Å². The third-order valence-electron chi connectivity index (χ3n) is 6.62. The molecule has 1 aromatic carbocycles. The minimum atomic E-state index is -1.03. The summed E-state index contributed by atoms with van der Waals surface area (Å²) in [5.74, 6) is 6.75. The first-order valence-electron chi connectivity index (χ1n) is 9.49. The van der Waals surface area contributed by atoms with Crippen molar-refractivity contribution in [2.24, 2.45) is 11.3 Å². The van der Waals surface area contributed by atoms with Crippen molar-refractivity contribution in [3.8, 4) is 11.8 Å². The van der Waals surface area contributed by atoms with E-state index in [0.29, 0.717) is 18.8 Å². The molecule has 5 rings (SSSR count). The Hall–Kier alpha value is -2.32. The molecular weight excluding hydrogens is 328 g/mol. The van der Waals surface area contributed by atoms with Crippen LogP contribution in [-0.2, 0) is 16.8 Å². The zero-order chi connectivity index (χ0) is 17.9. The quantitative estimate of drug-likeness (QED) is 0.494. The first-order valence-corrected chi connectivity index (χ1v) is 9.49. The van der Waals surface area contributed by atoms with E-state index in [0.717, 1.165) is 36.0 Å². The second kappa shape index (κ2) is 5.34. The summed E-state index contributed by atoms with van der Waals surface area (Å²) in [5, 5.41) is 15.4. The summed E-state index contributed by atoms with van der Waals surface area (Å²) in [4.78, 5) is 25.1. The molecule has 0 bridgehead atoms. The van der Waals surface area contributed by atoms with E-state index in [2.05, 4.69) is 28.5 Å². The molecule has 1 unspecified atom stereocenters. The second-order valence-corrected chi connectivity index (χ2v) is 8.26. The van der Waals surface area contributed by atoms with Crippen LogP contribution in [0.1, 0.15) is 55.2 Å². The number of nitrogens with one attached hydrogen (secondary N) is 2. The molecule has 0 aromatic heterocycles. The Bertz CT molecular complexity index is 869. The van der Waals surface area contributed by atoms with Gasteiger partial charge in [-0.1, -0.05) is 17.9 Å². The van der Waals surface area contributed by atoms with Crippen LogP contribution in [0.15, 0.2) is 18.2 Å². The maximum absolute atomic E-state index is 13.0. The Labute approximate surface area is 152 Å². The highest BCUT2D eigenvalue weighted by molar-refractivity contribution is 6.08. The lowest BCUT2D eigenvalue weighted by molar-refractivity contribution is -0.131. The van der Waals surface area contributed by atoms with E-state index in [-0.39, 0.29) is 17.4 Å². The van der Waals surface area contributed by atoms with Crippen molar-refractivity contribution in [3.05, 3.63) is 34.9 Å². The van der Waals surface area contributed by atoms with Crippen LogP contribution >= 0.6 is 0 Å². The van der Waals surface area contributed by atoms with E-state index in [1.807, 2.05) is 12.1 Å². The average Bonchev–Trinajstić information content (AvgIpc) is 3.35. The van der Waals surface area contributed by atoms with Crippen molar-refractivity contribution in [2.45, 2.75) is 56.6 Å². The van der Waals surface area contributed by atoms with Crippen LogP contribution in [0.4, 0.5) is 4.79 Å². The molecule has 134 valence electrons. The highest BCUT2D eigenvalue weighted by Crippen LogP contribution is 2.58. The van der Waals surface area contributed by atoms with Crippen molar-refractivity contribution in [2.75, 3.05) is 0 Å². The van der Waals surface area contributed by atoms with Crippen molar-refractivity contribution in [1.29, 1.82) is 0 Å². The predicted octanol–water partition coefficient (Wildman–Crippen LogP) is 1.96. The molecule has 5 heteroatoms. The van der Waals surface area contributed by atoms with Gasteiger partial charge in [-0.2, -0.15) is 0 Å². The molecule has 4 aliphatic rings. The minimum absolute atomic E-state index is 0.259. The van der Waals surface area contributed by atoms with Crippen LogP contribution in [0.3, 0.4) is 0 Å². The summed E-state index contributed by atoms with van der Waals surface area (Å²) in [5.41, 5.74) is 1.50. The number of carbonyl (C=O) groups excluding carboxylic acids is 2. The molecule has 0 radical (unpaired) electrons. The maximum atomic E-state index is 13.0. The summed E-state index contributed by atoms with van der Waals surface area (Å²) in [7, 11) is 0. The predicted molar refractivity (Wildman–Crippen MR) is 95.0 cm³/mol. The third-order valence-corrected chi connectivity index (χ3v) is 6.62. The lowest BCUT2D eigenvalue weighted by atomic mass is 9.61. The number of imide groups is 1. The molecule has 1 heterocycles. The Morgan fingerprint density at radius 3 is 2.54 bits per heavy atom. The molecule has 1 saturated heterocycles. The van der Waals surface area contributed by atoms with Gasteiger partial charge in [-0.25, -0.2) is 4.79 Å². The van der Waals surface area contributed by atoms with Gasteiger partial charge in [0.2, 0.25) is 0 Å². The van der Waals surface area contributed by atoms with Gasteiger partial charge in [0.25, 0.3) is 5.91 Å². The topological polar surface area (TPSA) is 78.4 Å². The van der Waals surface area contributed by atoms with Gasteiger partial charge in [0.1, 0.15) is 0 Å². The van der Waals surface area contributed by atoms with Gasteiger partial charge < -0.3 is 10.4 Å². The Morgan fingerprint density at radius 1 is 1.12 bits per heavy atom. The van der Waals surface area contributed by atoms with E-state index >= 15 is 0 Å². The first-order chi connectivity index (χ1) is 12.5. The van der Waals surface area contributed by atoms with Crippen LogP contribution in [0.5, 0.6) is 0 Å². The van der Waals surface area contributed by atoms with E-state index in [4.69, 9.17) is 0 Å². The summed E-state index contributed by atoms with van der Waals surface area (Å²) in [6, 6.07) is 5.65. The normalized spacial score (nSPS) is 35.0. The largest absolute Gasteiger partial charge is 0.393 e. The average molecular weight is 350 g/mol. The zero-order valence-corrected chi connectivity index (χ0v) is 14.6. The highest BCUT2D eigenvalue weighted by atomic mass is 16.3. The van der Waals surface area contributed by atoms with Gasteiger partial charge in [-0.3, -0.25) is 10.1 Å². The third kappa shape index (κ3) is 2.15. The number of hydrogen-bond acceptors (Lipinski definition) is 3. The van der Waals surface area contributed by atoms with E-state index in [1.165, 1.54) is 12.8 Å². The number of aliphatic hydroxyl groups is 1. The number of amides is 3. The van der Waals surface area contributed by atoms with Crippen molar-refractivity contribution in [1.82, 2.24) is 10.6 Å². The fourth-order valence-electron chi connectivity index (χ4n) is 5.08. The number of carbonyl (C=O) groups is 2. The molecule has 1 aromatic rings. The van der Waals surface area contributed by atoms with Gasteiger partial charge in [-0.05, 0) is 68.2 Å². The monoisotopic (exact) mass is 350 g/mol. The fourth-order valence-corrected chi connectivity index (χ4v) is 5.08. The number of aliphatic hydroxyl groups excluding tert-OH is 1. The molecule has 26 heavy (non-hydrogen) atoms. The molecule has 3 amide bonds. The van der Waals surface area contributed by atoms with Crippen molar-refractivity contribution in [3.63, 3.8) is 0 Å². The molecule has 2 saturated carbocycles.